The number of ether oxygens (including phenoxy) is 2. The molecule has 40 heavy (non-hydrogen) atoms. The number of carbonyl (C=O) groups is 2. The minimum absolute atomic E-state index is 0.0305. The van der Waals surface area contributed by atoms with E-state index in [1.54, 1.807) is 18.0 Å². The number of hydrogen-bond acceptors (Lipinski definition) is 6. The minimum atomic E-state index is -0.781. The molecule has 1 saturated heterocycles. The fourth-order valence-corrected chi connectivity index (χ4v) is 8.37. The van der Waals surface area contributed by atoms with E-state index in [2.05, 4.69) is 16.7 Å². The highest BCUT2D eigenvalue weighted by atomic mass is 16.6. The number of piperidine rings is 1. The number of rotatable bonds is 4. The summed E-state index contributed by atoms with van der Waals surface area (Å²) in [6.07, 6.45) is 4.80. The van der Waals surface area contributed by atoms with Gasteiger partial charge in [-0.15, -0.1) is 0 Å². The first-order valence-electron chi connectivity index (χ1n) is 14.5. The van der Waals surface area contributed by atoms with Crippen LogP contribution in [0.5, 0.6) is 11.5 Å². The number of amides is 1. The van der Waals surface area contributed by atoms with Crippen LogP contribution in [0.3, 0.4) is 0 Å². The van der Waals surface area contributed by atoms with Crippen molar-refractivity contribution in [1.82, 2.24) is 9.80 Å². The summed E-state index contributed by atoms with van der Waals surface area (Å²) in [5.74, 6) is 6.61. The van der Waals surface area contributed by atoms with Gasteiger partial charge in [-0.25, -0.2) is 0 Å². The van der Waals surface area contributed by atoms with E-state index in [1.807, 2.05) is 37.3 Å². The van der Waals surface area contributed by atoms with Crippen molar-refractivity contribution >= 4 is 11.9 Å². The normalized spacial score (nSPS) is 31.3. The summed E-state index contributed by atoms with van der Waals surface area (Å²) in [5, 5.41) is 11.0. The topological polar surface area (TPSA) is 79.3 Å². The van der Waals surface area contributed by atoms with Crippen molar-refractivity contribution in [3.05, 3.63) is 58.7 Å². The maximum Gasteiger partial charge on any atom is 0.303 e. The van der Waals surface area contributed by atoms with Crippen LogP contribution in [-0.2, 0) is 26.2 Å². The number of carbonyl (C=O) groups excluding carboxylic acids is 2. The Kier molecular flexibility index (Phi) is 5.73. The molecule has 1 N–H and O–H groups in total. The second-order valence-electron chi connectivity index (χ2n) is 12.5. The molecule has 3 fully saturated rings. The lowest BCUT2D eigenvalue weighted by molar-refractivity contribution is -0.223. The van der Waals surface area contributed by atoms with Crippen LogP contribution in [0.2, 0.25) is 0 Å². The van der Waals surface area contributed by atoms with Gasteiger partial charge in [0.15, 0.2) is 11.5 Å². The predicted molar refractivity (Wildman–Crippen MR) is 149 cm³/mol. The van der Waals surface area contributed by atoms with Crippen LogP contribution in [0.25, 0.3) is 0 Å². The highest BCUT2D eigenvalue weighted by Gasteiger charge is 2.75. The highest BCUT2D eigenvalue weighted by Crippen LogP contribution is 2.67. The second-order valence-corrected chi connectivity index (χ2v) is 12.5. The Morgan fingerprint density at radius 1 is 1.20 bits per heavy atom. The van der Waals surface area contributed by atoms with Gasteiger partial charge in [-0.1, -0.05) is 24.1 Å². The maximum absolute atomic E-state index is 13.5. The van der Waals surface area contributed by atoms with E-state index in [-0.39, 0.29) is 29.7 Å². The van der Waals surface area contributed by atoms with Crippen LogP contribution in [0, 0.1) is 24.7 Å². The van der Waals surface area contributed by atoms with Gasteiger partial charge in [-0.2, -0.15) is 0 Å². The average Bonchev–Trinajstić information content (AvgIpc) is 3.67. The van der Waals surface area contributed by atoms with Crippen LogP contribution in [-0.4, -0.2) is 70.7 Å². The van der Waals surface area contributed by atoms with E-state index in [0.29, 0.717) is 24.5 Å². The minimum Gasteiger partial charge on any atom is -0.504 e. The van der Waals surface area contributed by atoms with Crippen LogP contribution in [0.15, 0.2) is 36.4 Å². The SMILES string of the molecule is CC(=O)O[C@@]12CC[C@H](N(C)C(=O)C#Cc3cccc(C)c3)[C@@H]3Oc4c(O)ccc5c4[C@@]31CCN(CC1CC1)[C@@H]2C5. The molecule has 7 rings (SSSR count). The Bertz CT molecular complexity index is 1470. The number of esters is 1. The van der Waals surface area contributed by atoms with Crippen molar-refractivity contribution in [3.63, 3.8) is 0 Å². The molecule has 7 heteroatoms. The van der Waals surface area contributed by atoms with Gasteiger partial charge in [0.2, 0.25) is 0 Å². The smallest absolute Gasteiger partial charge is 0.303 e. The van der Waals surface area contributed by atoms with Crippen LogP contribution >= 0.6 is 0 Å². The van der Waals surface area contributed by atoms with Crippen molar-refractivity contribution in [2.45, 2.75) is 81.6 Å². The van der Waals surface area contributed by atoms with Crippen molar-refractivity contribution in [1.29, 1.82) is 0 Å². The number of likely N-dealkylation sites (tertiary alicyclic amines) is 1. The molecule has 208 valence electrons. The molecular weight excluding hydrogens is 504 g/mol. The molecule has 3 aliphatic carbocycles. The van der Waals surface area contributed by atoms with Gasteiger partial charge in [-0.3, -0.25) is 14.5 Å². The molecule has 5 atom stereocenters. The lowest BCUT2D eigenvalue weighted by Gasteiger charge is -2.65. The molecule has 0 radical (unpaired) electrons. The summed E-state index contributed by atoms with van der Waals surface area (Å²) in [6, 6.07) is 11.3. The monoisotopic (exact) mass is 540 g/mol. The van der Waals surface area contributed by atoms with Gasteiger partial charge >= 0.3 is 5.97 Å². The Morgan fingerprint density at radius 3 is 2.77 bits per heavy atom. The first-order valence-corrected chi connectivity index (χ1v) is 14.5. The summed E-state index contributed by atoms with van der Waals surface area (Å²) in [5.41, 5.74) is 2.60. The van der Waals surface area contributed by atoms with Gasteiger partial charge in [0.1, 0.15) is 11.7 Å². The molecule has 5 aliphatic rings. The number of phenolic OH excluding ortho intramolecular Hbond substituents is 1. The van der Waals surface area contributed by atoms with Crippen LogP contribution in [0.1, 0.15) is 61.3 Å². The van der Waals surface area contributed by atoms with E-state index in [4.69, 9.17) is 9.47 Å². The van der Waals surface area contributed by atoms with Gasteiger partial charge < -0.3 is 19.5 Å². The summed E-state index contributed by atoms with van der Waals surface area (Å²) < 4.78 is 13.2. The number of phenols is 1. The Morgan fingerprint density at radius 2 is 2.02 bits per heavy atom. The van der Waals surface area contributed by atoms with Crippen molar-refractivity contribution in [2.75, 3.05) is 20.1 Å². The third-order valence-corrected chi connectivity index (χ3v) is 10.2. The Balaban J connectivity index is 1.31. The van der Waals surface area contributed by atoms with Gasteiger partial charge in [0.25, 0.3) is 5.91 Å². The number of aryl methyl sites for hydroxylation is 1. The zero-order valence-corrected chi connectivity index (χ0v) is 23.4. The first-order chi connectivity index (χ1) is 19.2. The number of benzene rings is 2. The molecule has 1 spiro atoms. The highest BCUT2D eigenvalue weighted by molar-refractivity contribution is 5.94. The van der Waals surface area contributed by atoms with E-state index in [1.165, 1.54) is 19.8 Å². The average molecular weight is 541 g/mol. The van der Waals surface area contributed by atoms with E-state index < -0.39 is 17.1 Å². The Hall–Kier alpha value is -3.50. The Labute approximate surface area is 235 Å². The first kappa shape index (κ1) is 25.5. The lowest BCUT2D eigenvalue weighted by atomic mass is 9.48. The molecule has 2 aromatic carbocycles. The van der Waals surface area contributed by atoms with Crippen molar-refractivity contribution in [2.24, 2.45) is 5.92 Å². The van der Waals surface area contributed by atoms with E-state index >= 15 is 0 Å². The van der Waals surface area contributed by atoms with E-state index in [9.17, 15) is 14.7 Å². The van der Waals surface area contributed by atoms with Crippen molar-refractivity contribution < 1.29 is 24.2 Å². The van der Waals surface area contributed by atoms with Gasteiger partial charge in [0, 0.05) is 37.6 Å². The molecule has 2 bridgehead atoms. The van der Waals surface area contributed by atoms with Crippen molar-refractivity contribution in [3.8, 4) is 23.3 Å². The molecule has 2 aliphatic heterocycles. The maximum atomic E-state index is 13.5. The second kappa shape index (κ2) is 9.01. The molecule has 1 amide bonds. The molecular formula is C33H36N2O5. The third kappa shape index (κ3) is 3.61. The predicted octanol–water partition coefficient (Wildman–Crippen LogP) is 3.71. The standard InChI is InChI=1S/C33H36N2O5/c1-20-5-4-6-22(17-20)9-12-28(38)34(3)25-13-14-33(40-21(2)36)27-18-24-10-11-26(37)30-29(24)32(33,31(25)39-30)15-16-35(27)19-23-7-8-23/h4-6,10-11,17,23,25,27,31,37H,7-8,13-16,18-19H2,1-3H3/t25-,27+,31-,32-,33+/m0/s1. The number of nitrogens with zero attached hydrogens (tertiary/aromatic N) is 2. The molecule has 2 aromatic rings. The quantitative estimate of drug-likeness (QED) is 0.471. The molecule has 0 aromatic heterocycles. The fraction of sp³-hybridized carbons (Fsp3) is 0.515. The summed E-state index contributed by atoms with van der Waals surface area (Å²) in [7, 11) is 1.79. The summed E-state index contributed by atoms with van der Waals surface area (Å²) in [4.78, 5) is 30.5. The van der Waals surface area contributed by atoms with Crippen LogP contribution < -0.4 is 4.74 Å². The fourth-order valence-electron chi connectivity index (χ4n) is 8.37. The molecule has 0 unspecified atom stereocenters. The molecule has 2 saturated carbocycles. The summed E-state index contributed by atoms with van der Waals surface area (Å²) in [6.45, 7) is 5.39. The largest absolute Gasteiger partial charge is 0.504 e. The molecule has 7 nitrogen and oxygen atoms in total. The summed E-state index contributed by atoms with van der Waals surface area (Å²) >= 11 is 0. The number of hydrogen-bond donors (Lipinski definition) is 1. The number of aromatic hydroxyl groups is 1. The lowest BCUT2D eigenvalue weighted by Crippen LogP contribution is -2.79. The van der Waals surface area contributed by atoms with Gasteiger partial charge in [0.05, 0.1) is 17.5 Å². The van der Waals surface area contributed by atoms with E-state index in [0.717, 1.165) is 48.2 Å². The zero-order valence-electron chi connectivity index (χ0n) is 23.4. The van der Waals surface area contributed by atoms with Crippen LogP contribution in [0.4, 0.5) is 0 Å². The molecule has 2 heterocycles. The zero-order chi connectivity index (χ0) is 27.8. The number of likely N-dealkylation sites (N-methyl/N-ethyl adjacent to an activating group) is 1. The third-order valence-electron chi connectivity index (χ3n) is 10.2. The van der Waals surface area contributed by atoms with Gasteiger partial charge in [-0.05, 0) is 87.2 Å².